The molecule has 0 aromatic heterocycles. The van der Waals surface area contributed by atoms with Gasteiger partial charge >= 0.3 is 0 Å². The van der Waals surface area contributed by atoms with Crippen LogP contribution < -0.4 is 5.73 Å². The molecule has 33 heavy (non-hydrogen) atoms. The highest BCUT2D eigenvalue weighted by atomic mass is 16.5. The molecule has 1 saturated heterocycles. The Morgan fingerprint density at radius 3 is 2.09 bits per heavy atom. The SMILES string of the molecule is CC.CC=N/C(C)=C(C(/C#C/C(C)=C/C)=C\CCC)\C(N)=C(/C)CC.CCC1CCC(C)O1. The number of hydrogen-bond acceptors (Lipinski definition) is 3. The largest absolute Gasteiger partial charge is 0.398 e. The second-order valence-electron chi connectivity index (χ2n) is 8.08. The summed E-state index contributed by atoms with van der Waals surface area (Å²) < 4.78 is 5.51. The van der Waals surface area contributed by atoms with Crippen LogP contribution in [0.2, 0.25) is 0 Å². The van der Waals surface area contributed by atoms with E-state index < -0.39 is 0 Å². The number of allylic oxidation sites excluding steroid dienone is 6. The van der Waals surface area contributed by atoms with Crippen LogP contribution in [0.25, 0.3) is 0 Å². The number of nitrogens with two attached hydrogens (primary N) is 1. The van der Waals surface area contributed by atoms with E-state index in [1.54, 1.807) is 6.21 Å². The summed E-state index contributed by atoms with van der Waals surface area (Å²) in [5.41, 5.74) is 12.3. The number of nitrogens with zero attached hydrogens (tertiary/aromatic N) is 1. The van der Waals surface area contributed by atoms with Crippen molar-refractivity contribution in [2.75, 3.05) is 0 Å². The lowest BCUT2D eigenvalue weighted by molar-refractivity contribution is 0.0540. The van der Waals surface area contributed by atoms with E-state index in [1.165, 1.54) is 19.3 Å². The number of unbranched alkanes of at least 4 members (excludes halogenated alkanes) is 1. The lowest BCUT2D eigenvalue weighted by atomic mass is 9.96. The van der Waals surface area contributed by atoms with Crippen molar-refractivity contribution in [3.63, 3.8) is 0 Å². The minimum absolute atomic E-state index is 0.528. The maximum atomic E-state index is 6.44. The van der Waals surface area contributed by atoms with Crippen LogP contribution in [0, 0.1) is 11.8 Å². The van der Waals surface area contributed by atoms with Gasteiger partial charge in [-0.2, -0.15) is 0 Å². The van der Waals surface area contributed by atoms with E-state index in [2.05, 4.69) is 57.5 Å². The molecule has 188 valence electrons. The van der Waals surface area contributed by atoms with Crippen LogP contribution in [0.3, 0.4) is 0 Å². The molecule has 0 spiro atoms. The van der Waals surface area contributed by atoms with Crippen molar-refractivity contribution in [1.82, 2.24) is 0 Å². The van der Waals surface area contributed by atoms with E-state index in [1.807, 2.05) is 47.6 Å². The fourth-order valence-electron chi connectivity index (χ4n) is 3.12. The molecule has 0 amide bonds. The molecule has 1 heterocycles. The molecule has 0 saturated carbocycles. The summed E-state index contributed by atoms with van der Waals surface area (Å²) in [5, 5.41) is 0. The zero-order valence-electron chi connectivity index (χ0n) is 23.6. The molecule has 1 rings (SSSR count). The second-order valence-corrected chi connectivity index (χ2v) is 8.08. The van der Waals surface area contributed by atoms with Gasteiger partial charge in [0.05, 0.1) is 12.2 Å². The lowest BCUT2D eigenvalue weighted by Crippen LogP contribution is -2.08. The van der Waals surface area contributed by atoms with E-state index in [0.29, 0.717) is 12.2 Å². The summed E-state index contributed by atoms with van der Waals surface area (Å²) in [6.07, 6.45) is 13.8. The zero-order valence-corrected chi connectivity index (χ0v) is 23.6. The van der Waals surface area contributed by atoms with Gasteiger partial charge in [-0.25, -0.2) is 0 Å². The van der Waals surface area contributed by atoms with Gasteiger partial charge < -0.3 is 10.5 Å². The molecule has 2 N–H and O–H groups in total. The molecule has 0 aliphatic carbocycles. The van der Waals surface area contributed by atoms with E-state index in [0.717, 1.165) is 52.9 Å². The van der Waals surface area contributed by atoms with Gasteiger partial charge in [0.25, 0.3) is 0 Å². The average molecular weight is 457 g/mol. The van der Waals surface area contributed by atoms with Crippen LogP contribution >= 0.6 is 0 Å². The topological polar surface area (TPSA) is 47.6 Å². The lowest BCUT2D eigenvalue weighted by Gasteiger charge is -2.13. The Hall–Kier alpha value is -2.05. The van der Waals surface area contributed by atoms with Gasteiger partial charge in [0, 0.05) is 28.8 Å². The number of hydrogen-bond donors (Lipinski definition) is 1. The highest BCUT2D eigenvalue weighted by Gasteiger charge is 2.19. The van der Waals surface area contributed by atoms with Crippen LogP contribution in [0.5, 0.6) is 0 Å². The third-order valence-corrected chi connectivity index (χ3v) is 5.45. The third kappa shape index (κ3) is 14.0. The Balaban J connectivity index is 0. The summed E-state index contributed by atoms with van der Waals surface area (Å²) in [7, 11) is 0. The highest BCUT2D eigenvalue weighted by molar-refractivity contribution is 5.62. The Labute approximate surface area is 206 Å². The number of rotatable bonds is 7. The monoisotopic (exact) mass is 456 g/mol. The molecule has 1 aliphatic heterocycles. The number of aliphatic imine (C=N–C) groups is 1. The first-order valence-electron chi connectivity index (χ1n) is 12.9. The van der Waals surface area contributed by atoms with Gasteiger partial charge in [0.2, 0.25) is 0 Å². The van der Waals surface area contributed by atoms with Gasteiger partial charge in [-0.05, 0) is 84.8 Å². The smallest absolute Gasteiger partial charge is 0.0577 e. The minimum atomic E-state index is 0.528. The summed E-state index contributed by atoms with van der Waals surface area (Å²) in [6, 6.07) is 0. The van der Waals surface area contributed by atoms with Crippen LogP contribution in [-0.4, -0.2) is 18.4 Å². The maximum Gasteiger partial charge on any atom is 0.0577 e. The summed E-state index contributed by atoms with van der Waals surface area (Å²) in [5.74, 6) is 6.51. The third-order valence-electron chi connectivity index (χ3n) is 5.45. The molecule has 3 heteroatoms. The van der Waals surface area contributed by atoms with Crippen molar-refractivity contribution in [1.29, 1.82) is 0 Å². The first-order chi connectivity index (χ1) is 15.7. The van der Waals surface area contributed by atoms with Crippen molar-refractivity contribution < 1.29 is 4.74 Å². The van der Waals surface area contributed by atoms with Crippen LogP contribution in [0.4, 0.5) is 0 Å². The predicted molar refractivity (Wildman–Crippen MR) is 149 cm³/mol. The van der Waals surface area contributed by atoms with E-state index in [4.69, 9.17) is 10.5 Å². The molecule has 3 nitrogen and oxygen atoms in total. The molecule has 1 aliphatic rings. The Bertz CT molecular complexity index is 754. The van der Waals surface area contributed by atoms with Gasteiger partial charge in [-0.1, -0.05) is 65.0 Å². The quantitative estimate of drug-likeness (QED) is 0.236. The van der Waals surface area contributed by atoms with Crippen LogP contribution in [-0.2, 0) is 4.74 Å². The van der Waals surface area contributed by atoms with Crippen molar-refractivity contribution >= 4 is 6.21 Å². The fourth-order valence-corrected chi connectivity index (χ4v) is 3.12. The van der Waals surface area contributed by atoms with Gasteiger partial charge in [0.15, 0.2) is 0 Å². The van der Waals surface area contributed by atoms with E-state index >= 15 is 0 Å². The van der Waals surface area contributed by atoms with Crippen LogP contribution in [0.15, 0.2) is 50.8 Å². The van der Waals surface area contributed by atoms with Crippen LogP contribution in [0.1, 0.15) is 115 Å². The fraction of sp³-hybridized carbons (Fsp3) is 0.633. The van der Waals surface area contributed by atoms with Gasteiger partial charge in [0.1, 0.15) is 0 Å². The second kappa shape index (κ2) is 20.5. The summed E-state index contributed by atoms with van der Waals surface area (Å²) in [4.78, 5) is 4.46. The average Bonchev–Trinajstić information content (AvgIpc) is 3.26. The summed E-state index contributed by atoms with van der Waals surface area (Å²) in [6.45, 7) is 22.6. The number of ether oxygens (including phenoxy) is 1. The molecule has 0 aromatic rings. The molecule has 0 aromatic carbocycles. The highest BCUT2D eigenvalue weighted by Crippen LogP contribution is 2.25. The normalized spacial score (nSPS) is 20.0. The van der Waals surface area contributed by atoms with Gasteiger partial charge in [-0.15, -0.1) is 0 Å². The maximum absolute atomic E-state index is 6.44. The first kappa shape index (κ1) is 33.1. The molecule has 0 bridgehead atoms. The standard InChI is InChI=1S/C21H32N2.C7H14O.C2H6/c1-8-12-13-19(15-14-16(5)9-2)20(18(7)23-11-4)21(22)17(6)10-3;1-3-7-5-4-6(2)8-7;1-2/h9,11,13H,8,10,12,22H2,1-7H3;6-7H,3-5H2,1-2H3;1-2H3/b16-9+,19-13-,20-18-,21-17-,23-11?;;. The molecule has 1 fully saturated rings. The van der Waals surface area contributed by atoms with E-state index in [-0.39, 0.29) is 0 Å². The minimum Gasteiger partial charge on any atom is -0.398 e. The van der Waals surface area contributed by atoms with Crippen molar-refractivity contribution in [2.24, 2.45) is 10.7 Å². The molecule has 2 unspecified atom stereocenters. The molecular formula is C30H52N2O. The Morgan fingerprint density at radius 2 is 1.70 bits per heavy atom. The van der Waals surface area contributed by atoms with Crippen molar-refractivity contribution in [2.45, 2.75) is 127 Å². The molecule has 2 atom stereocenters. The predicted octanol–water partition coefficient (Wildman–Crippen LogP) is 8.68. The van der Waals surface area contributed by atoms with Crippen molar-refractivity contribution in [3.8, 4) is 11.8 Å². The van der Waals surface area contributed by atoms with Crippen molar-refractivity contribution in [3.05, 3.63) is 45.8 Å². The zero-order chi connectivity index (χ0) is 25.8. The first-order valence-corrected chi connectivity index (χ1v) is 12.9. The summed E-state index contributed by atoms with van der Waals surface area (Å²) >= 11 is 0. The van der Waals surface area contributed by atoms with E-state index in [9.17, 15) is 0 Å². The van der Waals surface area contributed by atoms with Gasteiger partial charge in [-0.3, -0.25) is 4.99 Å². The molecule has 0 radical (unpaired) electrons. The molecular weight excluding hydrogens is 404 g/mol. The Morgan fingerprint density at radius 1 is 1.06 bits per heavy atom. The Kier molecular flexibility index (Phi) is 20.6.